The molecule has 0 amide bonds. The zero-order valence-electron chi connectivity index (χ0n) is 8.32. The van der Waals surface area contributed by atoms with Crippen molar-refractivity contribution >= 4 is 26.6 Å². The standard InChI is InChI=1S/C10H12N2O2S/c1-2-15(13,14)12-10-5-3-4-9-8(10)6-7-11-9/h3-7,11-12H,2H2,1H3. The molecule has 0 fully saturated rings. The van der Waals surface area contributed by atoms with Crippen molar-refractivity contribution in [2.45, 2.75) is 6.92 Å². The molecule has 2 aromatic rings. The van der Waals surface area contributed by atoms with Crippen molar-refractivity contribution in [2.24, 2.45) is 0 Å². The van der Waals surface area contributed by atoms with Crippen LogP contribution in [0.4, 0.5) is 5.69 Å². The first-order valence-corrected chi connectivity index (χ1v) is 6.34. The lowest BCUT2D eigenvalue weighted by Crippen LogP contribution is -2.14. The summed E-state index contributed by atoms with van der Waals surface area (Å²) in [7, 11) is -3.21. The highest BCUT2D eigenvalue weighted by Gasteiger charge is 2.09. The van der Waals surface area contributed by atoms with E-state index in [-0.39, 0.29) is 5.75 Å². The summed E-state index contributed by atoms with van der Waals surface area (Å²) >= 11 is 0. The summed E-state index contributed by atoms with van der Waals surface area (Å²) in [4.78, 5) is 3.03. The van der Waals surface area contributed by atoms with Gasteiger partial charge in [-0.25, -0.2) is 8.42 Å². The van der Waals surface area contributed by atoms with Crippen molar-refractivity contribution in [1.29, 1.82) is 0 Å². The molecule has 0 aliphatic carbocycles. The first-order chi connectivity index (χ1) is 7.12. The number of aromatic amines is 1. The summed E-state index contributed by atoms with van der Waals surface area (Å²) in [5.41, 5.74) is 1.54. The molecule has 0 aliphatic rings. The summed E-state index contributed by atoms with van der Waals surface area (Å²) in [5, 5.41) is 0.884. The molecule has 15 heavy (non-hydrogen) atoms. The Morgan fingerprint density at radius 3 is 2.87 bits per heavy atom. The summed E-state index contributed by atoms with van der Waals surface area (Å²) in [5.74, 6) is 0.0772. The second-order valence-electron chi connectivity index (χ2n) is 3.25. The van der Waals surface area contributed by atoms with Gasteiger partial charge in [-0.15, -0.1) is 0 Å². The Kier molecular flexibility index (Phi) is 2.40. The van der Waals surface area contributed by atoms with E-state index in [9.17, 15) is 8.42 Å². The molecule has 1 aromatic heterocycles. The van der Waals surface area contributed by atoms with Crippen molar-refractivity contribution in [2.75, 3.05) is 10.5 Å². The molecule has 0 bridgehead atoms. The van der Waals surface area contributed by atoms with Crippen LogP contribution in [0, 0.1) is 0 Å². The van der Waals surface area contributed by atoms with Crippen LogP contribution in [0.2, 0.25) is 0 Å². The van der Waals surface area contributed by atoms with E-state index in [1.165, 1.54) is 0 Å². The van der Waals surface area contributed by atoms with E-state index in [2.05, 4.69) is 9.71 Å². The van der Waals surface area contributed by atoms with Crippen molar-refractivity contribution in [3.63, 3.8) is 0 Å². The number of hydrogen-bond acceptors (Lipinski definition) is 2. The predicted molar refractivity (Wildman–Crippen MR) is 61.4 cm³/mol. The van der Waals surface area contributed by atoms with Gasteiger partial charge in [-0.05, 0) is 25.1 Å². The van der Waals surface area contributed by atoms with Gasteiger partial charge >= 0.3 is 0 Å². The van der Waals surface area contributed by atoms with Gasteiger partial charge in [-0.3, -0.25) is 4.72 Å². The van der Waals surface area contributed by atoms with E-state index in [4.69, 9.17) is 0 Å². The highest BCUT2D eigenvalue weighted by atomic mass is 32.2. The quantitative estimate of drug-likeness (QED) is 0.836. The van der Waals surface area contributed by atoms with E-state index < -0.39 is 10.0 Å². The average Bonchev–Trinajstić information content (AvgIpc) is 2.66. The molecule has 0 saturated heterocycles. The molecule has 0 atom stereocenters. The van der Waals surface area contributed by atoms with Crippen LogP contribution in [0.5, 0.6) is 0 Å². The summed E-state index contributed by atoms with van der Waals surface area (Å²) in [6.07, 6.45) is 1.79. The van der Waals surface area contributed by atoms with E-state index in [0.717, 1.165) is 10.9 Å². The zero-order chi connectivity index (χ0) is 10.9. The summed E-state index contributed by atoms with van der Waals surface area (Å²) in [6.45, 7) is 1.61. The Morgan fingerprint density at radius 2 is 2.13 bits per heavy atom. The number of rotatable bonds is 3. The lowest BCUT2D eigenvalue weighted by Gasteiger charge is -2.06. The van der Waals surface area contributed by atoms with Gasteiger partial charge in [0.1, 0.15) is 0 Å². The number of hydrogen-bond donors (Lipinski definition) is 2. The van der Waals surface area contributed by atoms with Crippen molar-refractivity contribution in [3.05, 3.63) is 30.5 Å². The molecule has 2 N–H and O–H groups in total. The first-order valence-electron chi connectivity index (χ1n) is 4.69. The maximum atomic E-state index is 11.4. The van der Waals surface area contributed by atoms with E-state index in [0.29, 0.717) is 5.69 Å². The average molecular weight is 224 g/mol. The van der Waals surface area contributed by atoms with Crippen LogP contribution in [0.25, 0.3) is 10.9 Å². The molecule has 1 heterocycles. The number of H-pyrrole nitrogens is 1. The van der Waals surface area contributed by atoms with Crippen molar-refractivity contribution in [3.8, 4) is 0 Å². The number of nitrogens with one attached hydrogen (secondary N) is 2. The highest BCUT2D eigenvalue weighted by Crippen LogP contribution is 2.22. The first kappa shape index (κ1) is 10.0. The van der Waals surface area contributed by atoms with Crippen LogP contribution < -0.4 is 4.72 Å². The molecule has 0 radical (unpaired) electrons. The number of sulfonamides is 1. The van der Waals surface area contributed by atoms with E-state index in [1.54, 1.807) is 19.2 Å². The third kappa shape index (κ3) is 1.97. The van der Waals surface area contributed by atoms with Crippen LogP contribution in [-0.2, 0) is 10.0 Å². The summed E-state index contributed by atoms with van der Waals surface area (Å²) < 4.78 is 25.4. The molecule has 0 unspecified atom stereocenters. The second kappa shape index (κ2) is 3.58. The molecule has 80 valence electrons. The Balaban J connectivity index is 2.48. The number of anilines is 1. The predicted octanol–water partition coefficient (Wildman–Crippen LogP) is 1.93. The Morgan fingerprint density at radius 1 is 1.33 bits per heavy atom. The number of fused-ring (bicyclic) bond motifs is 1. The monoisotopic (exact) mass is 224 g/mol. The maximum Gasteiger partial charge on any atom is 0.232 e. The normalized spacial score (nSPS) is 11.8. The Bertz CT molecular complexity index is 572. The van der Waals surface area contributed by atoms with E-state index in [1.807, 2.05) is 18.2 Å². The smallest absolute Gasteiger partial charge is 0.232 e. The molecule has 4 nitrogen and oxygen atoms in total. The lowest BCUT2D eigenvalue weighted by atomic mass is 10.2. The van der Waals surface area contributed by atoms with Crippen LogP contribution in [0.1, 0.15) is 6.92 Å². The van der Waals surface area contributed by atoms with Gasteiger partial charge in [0.05, 0.1) is 11.4 Å². The van der Waals surface area contributed by atoms with E-state index >= 15 is 0 Å². The van der Waals surface area contributed by atoms with Crippen molar-refractivity contribution in [1.82, 2.24) is 4.98 Å². The van der Waals surface area contributed by atoms with Crippen LogP contribution in [0.3, 0.4) is 0 Å². The van der Waals surface area contributed by atoms with Gasteiger partial charge in [0.25, 0.3) is 0 Å². The Labute approximate surface area is 88.4 Å². The largest absolute Gasteiger partial charge is 0.361 e. The third-order valence-electron chi connectivity index (χ3n) is 2.24. The molecular formula is C10H12N2O2S. The molecule has 0 saturated carbocycles. The minimum absolute atomic E-state index is 0.0772. The van der Waals surface area contributed by atoms with Gasteiger partial charge in [-0.2, -0.15) is 0 Å². The fraction of sp³-hybridized carbons (Fsp3) is 0.200. The van der Waals surface area contributed by atoms with Gasteiger partial charge in [0, 0.05) is 17.1 Å². The fourth-order valence-corrected chi connectivity index (χ4v) is 2.07. The molecule has 1 aromatic carbocycles. The molecule has 2 rings (SSSR count). The second-order valence-corrected chi connectivity index (χ2v) is 5.26. The summed E-state index contributed by atoms with van der Waals surface area (Å²) in [6, 6.07) is 7.32. The SMILES string of the molecule is CCS(=O)(=O)Nc1cccc2[nH]ccc12. The fourth-order valence-electron chi connectivity index (χ4n) is 1.41. The minimum Gasteiger partial charge on any atom is -0.361 e. The van der Waals surface area contributed by atoms with Crippen LogP contribution >= 0.6 is 0 Å². The molecule has 5 heteroatoms. The number of benzene rings is 1. The topological polar surface area (TPSA) is 62.0 Å². The number of aromatic nitrogens is 1. The zero-order valence-corrected chi connectivity index (χ0v) is 9.14. The molecule has 0 spiro atoms. The maximum absolute atomic E-state index is 11.4. The van der Waals surface area contributed by atoms with Gasteiger partial charge in [0.15, 0.2) is 0 Å². The van der Waals surface area contributed by atoms with Gasteiger partial charge < -0.3 is 4.98 Å². The Hall–Kier alpha value is -1.49. The lowest BCUT2D eigenvalue weighted by molar-refractivity contribution is 0.602. The minimum atomic E-state index is -3.21. The van der Waals surface area contributed by atoms with Crippen LogP contribution in [-0.4, -0.2) is 19.2 Å². The molecule has 0 aliphatic heterocycles. The third-order valence-corrected chi connectivity index (χ3v) is 3.53. The van der Waals surface area contributed by atoms with Crippen LogP contribution in [0.15, 0.2) is 30.5 Å². The molecular weight excluding hydrogens is 212 g/mol. The van der Waals surface area contributed by atoms with Gasteiger partial charge in [0.2, 0.25) is 10.0 Å². The highest BCUT2D eigenvalue weighted by molar-refractivity contribution is 7.92. The van der Waals surface area contributed by atoms with Crippen molar-refractivity contribution < 1.29 is 8.42 Å². The van der Waals surface area contributed by atoms with Gasteiger partial charge in [-0.1, -0.05) is 6.07 Å².